The lowest BCUT2D eigenvalue weighted by molar-refractivity contribution is 0.0679. The molecule has 0 unspecified atom stereocenters. The van der Waals surface area contributed by atoms with Crippen molar-refractivity contribution < 1.29 is 14.3 Å². The lowest BCUT2D eigenvalue weighted by atomic mass is 10.0. The largest absolute Gasteiger partial charge is 0.493 e. The van der Waals surface area contributed by atoms with Crippen LogP contribution < -0.4 is 14.8 Å². The highest BCUT2D eigenvalue weighted by Gasteiger charge is 2.34. The van der Waals surface area contributed by atoms with Crippen LogP contribution in [0, 0.1) is 0 Å². The number of nitrogens with one attached hydrogen (secondary N) is 1. The molecule has 1 atom stereocenters. The predicted molar refractivity (Wildman–Crippen MR) is 103 cm³/mol. The third kappa shape index (κ3) is 3.34. The number of methoxy groups -OCH3 is 1. The van der Waals surface area contributed by atoms with Gasteiger partial charge in [0.25, 0.3) is 5.91 Å². The summed E-state index contributed by atoms with van der Waals surface area (Å²) >= 11 is 0. The zero-order valence-corrected chi connectivity index (χ0v) is 15.8. The standard InChI is InChI=1S/C21H26N2O3/c1-5-13-23-20(22-17-11-7-6-9-15(17)21(23)24)16-10-8-12-18(25-4)19(16)26-14(2)3/h6-12,14,20,22H,5,13H2,1-4H3/t20-/m0/s1. The number of fused-ring (bicyclic) bond motifs is 1. The minimum atomic E-state index is -0.304. The van der Waals surface area contributed by atoms with Gasteiger partial charge >= 0.3 is 0 Å². The van der Waals surface area contributed by atoms with E-state index in [-0.39, 0.29) is 18.2 Å². The van der Waals surface area contributed by atoms with Gasteiger partial charge in [0.2, 0.25) is 0 Å². The quantitative estimate of drug-likeness (QED) is 0.832. The zero-order valence-electron chi connectivity index (χ0n) is 15.8. The van der Waals surface area contributed by atoms with Crippen LogP contribution in [0.4, 0.5) is 5.69 Å². The Hall–Kier alpha value is -2.69. The van der Waals surface area contributed by atoms with Crippen molar-refractivity contribution in [2.45, 2.75) is 39.5 Å². The molecule has 3 rings (SSSR count). The topological polar surface area (TPSA) is 50.8 Å². The van der Waals surface area contributed by atoms with Crippen molar-refractivity contribution in [2.24, 2.45) is 0 Å². The number of carbonyl (C=O) groups is 1. The van der Waals surface area contributed by atoms with Crippen LogP contribution in [0.5, 0.6) is 11.5 Å². The SMILES string of the molecule is CCCN1C(=O)c2ccccc2N[C@@H]1c1cccc(OC)c1OC(C)C. The summed E-state index contributed by atoms with van der Waals surface area (Å²) in [5.74, 6) is 1.38. The van der Waals surface area contributed by atoms with Crippen LogP contribution in [0.15, 0.2) is 42.5 Å². The van der Waals surface area contributed by atoms with E-state index < -0.39 is 0 Å². The minimum absolute atomic E-state index is 0.00347. The number of anilines is 1. The first-order chi connectivity index (χ1) is 12.6. The molecular formula is C21H26N2O3. The fourth-order valence-corrected chi connectivity index (χ4v) is 3.28. The molecule has 0 aliphatic carbocycles. The highest BCUT2D eigenvalue weighted by atomic mass is 16.5. The lowest BCUT2D eigenvalue weighted by Crippen LogP contribution is -2.43. The average Bonchev–Trinajstić information content (AvgIpc) is 2.64. The van der Waals surface area contributed by atoms with E-state index >= 15 is 0 Å². The highest BCUT2D eigenvalue weighted by Crippen LogP contribution is 2.41. The summed E-state index contributed by atoms with van der Waals surface area (Å²) in [7, 11) is 1.63. The molecule has 1 heterocycles. The summed E-state index contributed by atoms with van der Waals surface area (Å²) in [4.78, 5) is 15.0. The van der Waals surface area contributed by atoms with Crippen molar-refractivity contribution >= 4 is 11.6 Å². The first-order valence-corrected chi connectivity index (χ1v) is 9.06. The van der Waals surface area contributed by atoms with Crippen LogP contribution in [0.3, 0.4) is 0 Å². The van der Waals surface area contributed by atoms with Crippen molar-refractivity contribution in [1.82, 2.24) is 4.90 Å². The van der Waals surface area contributed by atoms with Gasteiger partial charge in [0.15, 0.2) is 11.5 Å². The molecule has 5 heteroatoms. The number of benzene rings is 2. The average molecular weight is 354 g/mol. The van der Waals surface area contributed by atoms with E-state index in [9.17, 15) is 4.79 Å². The second-order valence-electron chi connectivity index (χ2n) is 6.64. The molecule has 1 N–H and O–H groups in total. The molecule has 26 heavy (non-hydrogen) atoms. The Labute approximate surface area is 154 Å². The fourth-order valence-electron chi connectivity index (χ4n) is 3.28. The van der Waals surface area contributed by atoms with Crippen molar-refractivity contribution in [3.05, 3.63) is 53.6 Å². The van der Waals surface area contributed by atoms with E-state index in [4.69, 9.17) is 9.47 Å². The molecule has 5 nitrogen and oxygen atoms in total. The van der Waals surface area contributed by atoms with Crippen molar-refractivity contribution in [2.75, 3.05) is 19.0 Å². The van der Waals surface area contributed by atoms with Gasteiger partial charge < -0.3 is 19.7 Å². The van der Waals surface area contributed by atoms with Gasteiger partial charge in [-0.25, -0.2) is 0 Å². The first kappa shape index (κ1) is 18.1. The van der Waals surface area contributed by atoms with Gasteiger partial charge in [-0.1, -0.05) is 31.2 Å². The summed E-state index contributed by atoms with van der Waals surface area (Å²) in [6.07, 6.45) is 0.564. The third-order valence-electron chi connectivity index (χ3n) is 4.36. The number of hydrogen-bond donors (Lipinski definition) is 1. The molecule has 138 valence electrons. The second-order valence-corrected chi connectivity index (χ2v) is 6.64. The van der Waals surface area contributed by atoms with Gasteiger partial charge in [-0.2, -0.15) is 0 Å². The lowest BCUT2D eigenvalue weighted by Gasteiger charge is -2.39. The zero-order chi connectivity index (χ0) is 18.7. The normalized spacial score (nSPS) is 16.3. The number of nitrogens with zero attached hydrogens (tertiary/aromatic N) is 1. The van der Waals surface area contributed by atoms with Gasteiger partial charge in [0.05, 0.1) is 18.8 Å². The Kier molecular flexibility index (Phi) is 5.35. The number of hydrogen-bond acceptors (Lipinski definition) is 4. The maximum Gasteiger partial charge on any atom is 0.257 e. The Bertz CT molecular complexity index is 789. The van der Waals surface area contributed by atoms with Gasteiger partial charge in [0, 0.05) is 17.8 Å². The van der Waals surface area contributed by atoms with Crippen LogP contribution in [0.1, 0.15) is 49.3 Å². The maximum absolute atomic E-state index is 13.1. The summed E-state index contributed by atoms with van der Waals surface area (Å²) in [6.45, 7) is 6.69. The molecule has 0 fully saturated rings. The van der Waals surface area contributed by atoms with E-state index in [2.05, 4.69) is 12.2 Å². The highest BCUT2D eigenvalue weighted by molar-refractivity contribution is 6.01. The van der Waals surface area contributed by atoms with E-state index in [1.54, 1.807) is 7.11 Å². The molecule has 2 aromatic rings. The van der Waals surface area contributed by atoms with Crippen LogP contribution in [0.2, 0.25) is 0 Å². The Morgan fingerprint density at radius 1 is 1.15 bits per heavy atom. The second kappa shape index (κ2) is 7.68. The predicted octanol–water partition coefficient (Wildman–Crippen LogP) is 4.46. The minimum Gasteiger partial charge on any atom is -0.493 e. The molecule has 0 saturated carbocycles. The van der Waals surface area contributed by atoms with Gasteiger partial charge in [0.1, 0.15) is 6.17 Å². The number of ether oxygens (including phenoxy) is 2. The molecule has 0 radical (unpaired) electrons. The van der Waals surface area contributed by atoms with E-state index in [0.717, 1.165) is 17.7 Å². The van der Waals surface area contributed by atoms with Crippen molar-refractivity contribution in [1.29, 1.82) is 0 Å². The number of para-hydroxylation sites is 2. The van der Waals surface area contributed by atoms with E-state index in [1.807, 2.05) is 61.2 Å². The van der Waals surface area contributed by atoms with Gasteiger partial charge in [-0.05, 0) is 38.5 Å². The summed E-state index contributed by atoms with van der Waals surface area (Å²) in [5, 5.41) is 3.51. The smallest absolute Gasteiger partial charge is 0.257 e. The molecule has 1 amide bonds. The van der Waals surface area contributed by atoms with Crippen molar-refractivity contribution in [3.8, 4) is 11.5 Å². The third-order valence-corrected chi connectivity index (χ3v) is 4.36. The van der Waals surface area contributed by atoms with E-state index in [0.29, 0.717) is 23.6 Å². The van der Waals surface area contributed by atoms with Crippen LogP contribution >= 0.6 is 0 Å². The first-order valence-electron chi connectivity index (χ1n) is 9.06. The number of carbonyl (C=O) groups excluding carboxylic acids is 1. The number of rotatable bonds is 6. The van der Waals surface area contributed by atoms with Crippen molar-refractivity contribution in [3.63, 3.8) is 0 Å². The Balaban J connectivity index is 2.11. The monoisotopic (exact) mass is 354 g/mol. The molecule has 1 aliphatic rings. The molecule has 1 aliphatic heterocycles. The fraction of sp³-hybridized carbons (Fsp3) is 0.381. The molecule has 0 aromatic heterocycles. The van der Waals surface area contributed by atoms with Crippen LogP contribution in [-0.2, 0) is 0 Å². The van der Waals surface area contributed by atoms with Gasteiger partial charge in [-0.15, -0.1) is 0 Å². The van der Waals surface area contributed by atoms with Crippen LogP contribution in [-0.4, -0.2) is 30.6 Å². The summed E-state index contributed by atoms with van der Waals surface area (Å²) < 4.78 is 11.6. The summed E-state index contributed by atoms with van der Waals surface area (Å²) in [6, 6.07) is 13.4. The van der Waals surface area contributed by atoms with Crippen LogP contribution in [0.25, 0.3) is 0 Å². The summed E-state index contributed by atoms with van der Waals surface area (Å²) in [5.41, 5.74) is 2.44. The molecule has 0 spiro atoms. The molecule has 2 aromatic carbocycles. The molecular weight excluding hydrogens is 328 g/mol. The maximum atomic E-state index is 13.1. The molecule has 0 bridgehead atoms. The van der Waals surface area contributed by atoms with E-state index in [1.165, 1.54) is 0 Å². The molecule has 0 saturated heterocycles. The van der Waals surface area contributed by atoms with Gasteiger partial charge in [-0.3, -0.25) is 4.79 Å². The number of amides is 1. The Morgan fingerprint density at radius 2 is 1.92 bits per heavy atom. The Morgan fingerprint density at radius 3 is 2.62 bits per heavy atom.